The van der Waals surface area contributed by atoms with Gasteiger partial charge in [-0.15, -0.1) is 0 Å². The molecule has 7 aromatic rings. The molecule has 0 atom stereocenters. The van der Waals surface area contributed by atoms with Crippen LogP contribution in [0.5, 0.6) is 0 Å². The van der Waals surface area contributed by atoms with Crippen LogP contribution in [0.4, 0.5) is 45.5 Å². The summed E-state index contributed by atoms with van der Waals surface area (Å²) in [4.78, 5) is 16.7. The highest BCUT2D eigenvalue weighted by Gasteiger charge is 2.62. The lowest BCUT2D eigenvalue weighted by Gasteiger charge is -2.46. The molecule has 2 saturated carbocycles. The van der Waals surface area contributed by atoms with Crippen molar-refractivity contribution in [3.05, 3.63) is 167 Å². The molecule has 6 heterocycles. The molecule has 8 aliphatic rings. The van der Waals surface area contributed by atoms with E-state index in [4.69, 9.17) is 0 Å². The van der Waals surface area contributed by atoms with Gasteiger partial charge in [-0.3, -0.25) is 0 Å². The maximum absolute atomic E-state index is 2.85. The van der Waals surface area contributed by atoms with Gasteiger partial charge in [-0.25, -0.2) is 0 Å². The van der Waals surface area contributed by atoms with Gasteiger partial charge in [-0.05, 0) is 119 Å². The minimum absolute atomic E-state index is 0.0759. The molecule has 15 rings (SSSR count). The van der Waals surface area contributed by atoms with Crippen LogP contribution in [0.25, 0.3) is 0 Å². The smallest absolute Gasteiger partial charge is 0.359 e. The zero-order valence-electron chi connectivity index (χ0n) is 39.7. The molecule has 4 nitrogen and oxygen atoms in total. The first-order chi connectivity index (χ1) is 33.3. The third-order valence-corrected chi connectivity index (χ3v) is 20.0. The summed E-state index contributed by atoms with van der Waals surface area (Å²) < 4.78 is 0. The Bertz CT molecular complexity index is 3080. The molecule has 0 amide bonds. The van der Waals surface area contributed by atoms with E-state index in [1.54, 1.807) is 0 Å². The zero-order chi connectivity index (χ0) is 45.2. The van der Waals surface area contributed by atoms with Gasteiger partial charge in [0.1, 0.15) is 0 Å². The standard InChI is InChI=1S/C60H56B2N4S2/c1-59(2)41-35-39(37-19-7-5-8-20-37)31-33-45(41)63-55-53(59)57-56-54(58(55)66-48-26-14-18-30-52(48)68-49-27-15-11-23-43(49)61(63)66)60(3,4)42-36-40(38-21-9-6-10-22-38)32-34-46(42)64(56)62-44-24-12-16-28-50(44)67-51-29-17-13-25-47(51)65(57)62/h11-18,23-38H,5-10,19-22H2,1-4H3. The average Bonchev–Trinajstić information content (AvgIpc) is 3.79. The van der Waals surface area contributed by atoms with Crippen LogP contribution in [0.1, 0.15) is 137 Å². The number of fused-ring (bicyclic) bond motifs is 20. The Morgan fingerprint density at radius 2 is 0.750 bits per heavy atom. The normalized spacial score (nSPS) is 19.9. The van der Waals surface area contributed by atoms with E-state index < -0.39 is 0 Å². The molecule has 0 unspecified atom stereocenters. The topological polar surface area (TPSA) is 13.0 Å². The summed E-state index contributed by atoms with van der Waals surface area (Å²) in [5, 5.41) is 0. The summed E-state index contributed by atoms with van der Waals surface area (Å²) in [6.45, 7) is 10.2. The maximum atomic E-state index is 2.85. The molecular weight excluding hydrogens is 862 g/mol. The summed E-state index contributed by atoms with van der Waals surface area (Å²) in [5.41, 5.74) is 21.8. The highest BCUT2D eigenvalue weighted by atomic mass is 32.2. The van der Waals surface area contributed by atoms with Crippen LogP contribution in [-0.2, 0) is 10.8 Å². The van der Waals surface area contributed by atoms with Crippen LogP contribution < -0.4 is 30.2 Å². The lowest BCUT2D eigenvalue weighted by Crippen LogP contribution is -2.56. The molecular formula is C60H56B2N4S2. The van der Waals surface area contributed by atoms with E-state index in [2.05, 4.69) is 180 Å². The van der Waals surface area contributed by atoms with Crippen molar-refractivity contribution in [1.29, 1.82) is 0 Å². The molecule has 6 aliphatic heterocycles. The van der Waals surface area contributed by atoms with Crippen LogP contribution in [0.2, 0.25) is 0 Å². The summed E-state index contributed by atoms with van der Waals surface area (Å²) in [6, 6.07) is 52.8. The molecule has 2 fully saturated rings. The maximum Gasteiger partial charge on any atom is 0.421 e. The van der Waals surface area contributed by atoms with Gasteiger partial charge in [0.25, 0.3) is 0 Å². The minimum atomic E-state index is -0.340. The second-order valence-electron chi connectivity index (χ2n) is 22.1. The number of para-hydroxylation sites is 2. The average molecular weight is 919 g/mol. The Labute approximate surface area is 411 Å². The third kappa shape index (κ3) is 5.34. The van der Waals surface area contributed by atoms with Gasteiger partial charge in [-0.2, -0.15) is 0 Å². The van der Waals surface area contributed by atoms with Crippen LogP contribution in [0.15, 0.2) is 153 Å². The molecule has 0 radical (unpaired) electrons. The van der Waals surface area contributed by atoms with Gasteiger partial charge in [0, 0.05) is 64.3 Å². The Kier molecular flexibility index (Phi) is 8.66. The van der Waals surface area contributed by atoms with Crippen molar-refractivity contribution in [1.82, 2.24) is 0 Å². The van der Waals surface area contributed by atoms with E-state index in [0.717, 1.165) is 0 Å². The van der Waals surface area contributed by atoms with E-state index in [0.29, 0.717) is 11.8 Å². The fraction of sp³-hybridized carbons (Fsp3) is 0.300. The monoisotopic (exact) mass is 918 g/mol. The predicted molar refractivity (Wildman–Crippen MR) is 289 cm³/mol. The second kappa shape index (κ2) is 14.6. The Morgan fingerprint density at radius 1 is 0.397 bits per heavy atom. The molecule has 334 valence electrons. The number of hydrogen-bond acceptors (Lipinski definition) is 6. The number of anilines is 8. The first-order valence-electron chi connectivity index (χ1n) is 25.7. The number of benzene rings is 7. The van der Waals surface area contributed by atoms with Crippen LogP contribution in [0, 0.1) is 0 Å². The molecule has 7 aromatic carbocycles. The van der Waals surface area contributed by atoms with Crippen molar-refractivity contribution in [2.24, 2.45) is 0 Å². The van der Waals surface area contributed by atoms with Crippen molar-refractivity contribution in [2.45, 2.75) is 134 Å². The molecule has 0 spiro atoms. The van der Waals surface area contributed by atoms with Crippen LogP contribution >= 0.6 is 23.5 Å². The number of hydrogen-bond donors (Lipinski definition) is 0. The first-order valence-corrected chi connectivity index (χ1v) is 27.3. The van der Waals surface area contributed by atoms with E-state index in [9.17, 15) is 0 Å². The molecule has 0 N–H and O–H groups in total. The van der Waals surface area contributed by atoms with Crippen molar-refractivity contribution in [3.8, 4) is 0 Å². The van der Waals surface area contributed by atoms with Crippen LogP contribution in [-0.4, -0.2) is 14.0 Å². The number of nitrogens with zero attached hydrogens (tertiary/aromatic N) is 4. The van der Waals surface area contributed by atoms with Crippen molar-refractivity contribution >= 4 is 93.9 Å². The summed E-state index contributed by atoms with van der Waals surface area (Å²) in [6.07, 6.45) is 13.2. The molecule has 0 bridgehead atoms. The van der Waals surface area contributed by atoms with Gasteiger partial charge < -0.3 is 19.2 Å². The summed E-state index contributed by atoms with van der Waals surface area (Å²) in [7, 11) is 0. The van der Waals surface area contributed by atoms with E-state index >= 15 is 0 Å². The summed E-state index contributed by atoms with van der Waals surface area (Å²) in [5.74, 6) is 1.22. The number of rotatable bonds is 2. The SMILES string of the molecule is CC1(C)c2cc(C3CCCCC3)ccc2N2B3c4ccccc4Sc4ccccc4N3c3c2c1c1c2c3C(C)(C)c3cc(C4CCCCC4)ccc3N2B2c3ccccc3Sc3ccccc3N21. The quantitative estimate of drug-likeness (QED) is 0.159. The van der Waals surface area contributed by atoms with Crippen molar-refractivity contribution in [2.75, 3.05) is 19.2 Å². The second-order valence-corrected chi connectivity index (χ2v) is 24.2. The largest absolute Gasteiger partial charge is 0.421 e. The van der Waals surface area contributed by atoms with Gasteiger partial charge in [0.15, 0.2) is 0 Å². The van der Waals surface area contributed by atoms with Gasteiger partial charge in [-0.1, -0.05) is 175 Å². The molecule has 0 aromatic heterocycles. The molecule has 68 heavy (non-hydrogen) atoms. The summed E-state index contributed by atoms with van der Waals surface area (Å²) >= 11 is 3.89. The third-order valence-electron chi connectivity index (χ3n) is 17.7. The van der Waals surface area contributed by atoms with E-state index in [1.807, 2.05) is 23.5 Å². The Morgan fingerprint density at radius 3 is 1.16 bits per heavy atom. The molecule has 8 heteroatoms. The van der Waals surface area contributed by atoms with Gasteiger partial charge >= 0.3 is 14.0 Å². The van der Waals surface area contributed by atoms with E-state index in [1.165, 1.54) is 174 Å². The fourth-order valence-corrected chi connectivity index (χ4v) is 16.8. The highest BCUT2D eigenvalue weighted by molar-refractivity contribution is 8.00. The predicted octanol–water partition coefficient (Wildman–Crippen LogP) is 15.4. The van der Waals surface area contributed by atoms with Crippen molar-refractivity contribution < 1.29 is 0 Å². The molecule has 2 aliphatic carbocycles. The Balaban J connectivity index is 1.12. The van der Waals surface area contributed by atoms with Gasteiger partial charge in [0.05, 0.1) is 22.7 Å². The van der Waals surface area contributed by atoms with Gasteiger partial charge in [0.2, 0.25) is 0 Å². The minimum Gasteiger partial charge on any atom is -0.359 e. The van der Waals surface area contributed by atoms with Crippen LogP contribution in [0.3, 0.4) is 0 Å². The lowest BCUT2D eigenvalue weighted by atomic mass is 9.61. The van der Waals surface area contributed by atoms with E-state index in [-0.39, 0.29) is 24.8 Å². The van der Waals surface area contributed by atoms with Crippen molar-refractivity contribution in [3.63, 3.8) is 0 Å². The first kappa shape index (κ1) is 40.5. The highest BCUT2D eigenvalue weighted by Crippen LogP contribution is 2.72. The lowest BCUT2D eigenvalue weighted by molar-refractivity contribution is 0.443. The zero-order valence-corrected chi connectivity index (χ0v) is 41.3. The molecule has 0 saturated heterocycles. The Hall–Kier alpha value is -5.43. The fourth-order valence-electron chi connectivity index (χ4n) is 14.6.